The van der Waals surface area contributed by atoms with Crippen LogP contribution in [0.15, 0.2) is 221 Å². The van der Waals surface area contributed by atoms with E-state index in [0.717, 1.165) is 93.9 Å². The normalized spacial score (nSPS) is 13.6. The van der Waals surface area contributed by atoms with Gasteiger partial charge in [0.25, 0.3) is 0 Å². The van der Waals surface area contributed by atoms with Crippen molar-refractivity contribution in [2.75, 3.05) is 9.80 Å². The molecule has 0 bridgehead atoms. The molecule has 13 aromatic rings. The summed E-state index contributed by atoms with van der Waals surface area (Å²) in [6, 6.07) is 71.4. The molecule has 65 heavy (non-hydrogen) atoms. The number of nitrogens with zero attached hydrogens (tertiary/aromatic N) is 3. The van der Waals surface area contributed by atoms with Gasteiger partial charge in [0.05, 0.1) is 11.0 Å². The number of aromatic nitrogens is 1. The largest absolute Gasteiger partial charge is 0.456 e. The lowest BCUT2D eigenvalue weighted by atomic mass is 10.0. The van der Waals surface area contributed by atoms with E-state index in [0.29, 0.717) is 22.3 Å². The number of para-hydroxylation sites is 5. The molecule has 3 heterocycles. The smallest absolute Gasteiger partial charge is 0.138 e. The quantitative estimate of drug-likeness (QED) is 0.160. The first-order chi connectivity index (χ1) is 34.5. The van der Waals surface area contributed by atoms with Gasteiger partial charge in [-0.3, -0.25) is 0 Å². The molecule has 0 radical (unpaired) electrons. The second-order valence-electron chi connectivity index (χ2n) is 16.5. The molecular weight excluding hydrogens is 795 g/mol. The maximum Gasteiger partial charge on any atom is 0.138 e. The molecule has 10 aromatic carbocycles. The zero-order valence-electron chi connectivity index (χ0n) is 40.9. The maximum atomic E-state index is 8.18. The molecule has 0 aliphatic rings. The third-order valence-corrected chi connectivity index (χ3v) is 12.7. The van der Waals surface area contributed by atoms with Gasteiger partial charge in [0, 0.05) is 80.4 Å². The van der Waals surface area contributed by atoms with E-state index < -0.39 is 13.7 Å². The molecular formula is C60H41N3O2. The summed E-state index contributed by atoms with van der Waals surface area (Å²) in [5.41, 5.74) is 11.1. The van der Waals surface area contributed by atoms with Gasteiger partial charge in [-0.25, -0.2) is 0 Å². The molecule has 0 saturated heterocycles. The Balaban J connectivity index is 0.984. The Morgan fingerprint density at radius 1 is 0.354 bits per heavy atom. The van der Waals surface area contributed by atoms with Gasteiger partial charge in [-0.05, 0) is 145 Å². The molecule has 0 aliphatic heterocycles. The second kappa shape index (κ2) is 14.5. The zero-order chi connectivity index (χ0) is 48.2. The van der Waals surface area contributed by atoms with E-state index in [9.17, 15) is 0 Å². The maximum absolute atomic E-state index is 8.18. The summed E-state index contributed by atoms with van der Waals surface area (Å²) in [7, 11) is 0. The van der Waals surface area contributed by atoms with Crippen molar-refractivity contribution in [3.8, 4) is 5.69 Å². The van der Waals surface area contributed by atoms with Crippen LogP contribution in [0.5, 0.6) is 0 Å². The van der Waals surface area contributed by atoms with Crippen molar-refractivity contribution < 1.29 is 17.1 Å². The standard InChI is InChI=1S/C60H41N3O2/c1-38-14-12-22-50-53-35-46(27-30-57(53)64-59(38)50)61(42-16-6-3-7-17-42)45-25-24-40-33-52-49-29-26-48(37-56(49)63(44-20-10-5-11-21-44)55(52)34-41(40)32-45)62(43-18-8-4-9-19-43)47-28-31-58-54(36-47)51-23-13-15-39(2)60(51)65-58/h3-37H,1-2H3/i1D3,2D3. The molecule has 0 N–H and O–H groups in total. The molecule has 0 atom stereocenters. The van der Waals surface area contributed by atoms with Gasteiger partial charge in [-0.1, -0.05) is 103 Å². The van der Waals surface area contributed by atoms with E-state index in [1.165, 1.54) is 0 Å². The Kier molecular flexibility index (Phi) is 6.99. The van der Waals surface area contributed by atoms with Crippen molar-refractivity contribution in [2.24, 2.45) is 0 Å². The molecule has 3 aromatic heterocycles. The van der Waals surface area contributed by atoms with Gasteiger partial charge in [0.15, 0.2) is 0 Å². The van der Waals surface area contributed by atoms with E-state index in [1.807, 2.05) is 78.9 Å². The summed E-state index contributed by atoms with van der Waals surface area (Å²) in [6.07, 6.45) is 0. The molecule has 5 nitrogen and oxygen atoms in total. The fourth-order valence-corrected chi connectivity index (χ4v) is 9.77. The fourth-order valence-electron chi connectivity index (χ4n) is 9.77. The van der Waals surface area contributed by atoms with Crippen LogP contribution in [0.25, 0.3) is 82.1 Å². The number of furan rings is 2. The average Bonchev–Trinajstić information content (AvgIpc) is 4.05. The Morgan fingerprint density at radius 3 is 1.45 bits per heavy atom. The van der Waals surface area contributed by atoms with Crippen molar-refractivity contribution in [3.63, 3.8) is 0 Å². The van der Waals surface area contributed by atoms with Gasteiger partial charge in [0.2, 0.25) is 0 Å². The van der Waals surface area contributed by atoms with Crippen molar-refractivity contribution in [1.82, 2.24) is 4.57 Å². The van der Waals surface area contributed by atoms with Crippen LogP contribution in [-0.4, -0.2) is 4.57 Å². The number of anilines is 6. The highest BCUT2D eigenvalue weighted by Crippen LogP contribution is 2.44. The summed E-state index contributed by atoms with van der Waals surface area (Å²) in [5.74, 6) is 0. The van der Waals surface area contributed by atoms with Crippen LogP contribution in [0.2, 0.25) is 0 Å². The number of hydrogen-bond donors (Lipinski definition) is 0. The molecule has 0 saturated carbocycles. The monoisotopic (exact) mass is 841 g/mol. The fraction of sp³-hybridized carbons (Fsp3) is 0.0333. The van der Waals surface area contributed by atoms with Gasteiger partial charge in [-0.15, -0.1) is 0 Å². The van der Waals surface area contributed by atoms with Crippen molar-refractivity contribution in [1.29, 1.82) is 0 Å². The van der Waals surface area contributed by atoms with Crippen LogP contribution >= 0.6 is 0 Å². The molecule has 13 rings (SSSR count). The minimum atomic E-state index is -2.32. The van der Waals surface area contributed by atoms with E-state index in [4.69, 9.17) is 17.1 Å². The van der Waals surface area contributed by atoms with Crippen molar-refractivity contribution in [3.05, 3.63) is 223 Å². The van der Waals surface area contributed by atoms with Gasteiger partial charge >= 0.3 is 0 Å². The Bertz CT molecular complexity index is 4220. The van der Waals surface area contributed by atoms with Crippen molar-refractivity contribution >= 4 is 111 Å². The SMILES string of the molecule is [2H]C([2H])([2H])c1cccc2c1oc1ccc(N(c3ccccc3)c3ccc4cc5c6ccc(N(c7ccccc7)c7ccc8oc9c(C([2H])([2H])[2H])cccc9c8c7)cc6n(-c6ccccc6)c5cc4c3)cc12. The number of fused-ring (bicyclic) bond motifs is 10. The summed E-state index contributed by atoms with van der Waals surface area (Å²) in [5, 5.41) is 7.55. The van der Waals surface area contributed by atoms with E-state index in [2.05, 4.69) is 124 Å². The first-order valence-electron chi connectivity index (χ1n) is 24.7. The lowest BCUT2D eigenvalue weighted by Crippen LogP contribution is -2.10. The highest BCUT2D eigenvalue weighted by atomic mass is 16.3. The molecule has 0 spiro atoms. The number of benzene rings is 10. The van der Waals surface area contributed by atoms with Crippen LogP contribution in [0.1, 0.15) is 19.4 Å². The third-order valence-electron chi connectivity index (χ3n) is 12.7. The predicted molar refractivity (Wildman–Crippen MR) is 272 cm³/mol. The Morgan fingerprint density at radius 2 is 0.862 bits per heavy atom. The summed E-state index contributed by atoms with van der Waals surface area (Å²) in [4.78, 5) is 4.46. The van der Waals surface area contributed by atoms with E-state index in [-0.39, 0.29) is 11.1 Å². The van der Waals surface area contributed by atoms with Gasteiger partial charge in [0.1, 0.15) is 22.3 Å². The first-order valence-corrected chi connectivity index (χ1v) is 21.7. The molecule has 308 valence electrons. The molecule has 0 unspecified atom stereocenters. The second-order valence-corrected chi connectivity index (χ2v) is 16.5. The minimum absolute atomic E-state index is 0.194. The summed E-state index contributed by atoms with van der Waals surface area (Å²) < 4.78 is 63.9. The molecule has 0 aliphatic carbocycles. The van der Waals surface area contributed by atoms with Crippen LogP contribution < -0.4 is 9.80 Å². The highest BCUT2D eigenvalue weighted by Gasteiger charge is 2.21. The Hall–Kier alpha value is -8.54. The highest BCUT2D eigenvalue weighted by molar-refractivity contribution is 6.15. The Labute approximate surface area is 383 Å². The predicted octanol–water partition coefficient (Wildman–Crippen LogP) is 17.3. The summed E-state index contributed by atoms with van der Waals surface area (Å²) in [6.45, 7) is -4.64. The van der Waals surface area contributed by atoms with Crippen LogP contribution in [0, 0.1) is 13.7 Å². The average molecular weight is 842 g/mol. The number of rotatable bonds is 7. The molecule has 0 amide bonds. The van der Waals surface area contributed by atoms with Gasteiger partial charge < -0.3 is 23.2 Å². The van der Waals surface area contributed by atoms with E-state index in [1.54, 1.807) is 24.3 Å². The first kappa shape index (κ1) is 31.3. The van der Waals surface area contributed by atoms with E-state index >= 15 is 0 Å². The van der Waals surface area contributed by atoms with Crippen LogP contribution in [0.3, 0.4) is 0 Å². The third kappa shape index (κ3) is 5.93. The topological polar surface area (TPSA) is 37.7 Å². The number of hydrogen-bond acceptors (Lipinski definition) is 4. The van der Waals surface area contributed by atoms with Crippen LogP contribution in [0.4, 0.5) is 34.1 Å². The lowest BCUT2D eigenvalue weighted by molar-refractivity contribution is 0.665. The minimum Gasteiger partial charge on any atom is -0.456 e. The number of aryl methyl sites for hydroxylation is 2. The van der Waals surface area contributed by atoms with Gasteiger partial charge in [-0.2, -0.15) is 0 Å². The molecule has 0 fully saturated rings. The zero-order valence-corrected chi connectivity index (χ0v) is 34.9. The summed E-state index contributed by atoms with van der Waals surface area (Å²) >= 11 is 0. The lowest BCUT2D eigenvalue weighted by Gasteiger charge is -2.26. The van der Waals surface area contributed by atoms with Crippen LogP contribution in [-0.2, 0) is 0 Å². The van der Waals surface area contributed by atoms with Crippen molar-refractivity contribution in [2.45, 2.75) is 13.7 Å². The molecule has 5 heteroatoms.